The van der Waals surface area contributed by atoms with Crippen molar-refractivity contribution in [3.05, 3.63) is 87.7 Å². The fraction of sp³-hybridized carbons (Fsp3) is 0.459. The maximum atomic E-state index is 13.6. The van der Waals surface area contributed by atoms with Gasteiger partial charge in [0.2, 0.25) is 0 Å². The van der Waals surface area contributed by atoms with Gasteiger partial charge in [0.1, 0.15) is 17.7 Å². The highest BCUT2D eigenvalue weighted by atomic mass is 35.5. The van der Waals surface area contributed by atoms with E-state index in [2.05, 4.69) is 42.4 Å². The van der Waals surface area contributed by atoms with Crippen LogP contribution in [-0.2, 0) is 16.5 Å². The second-order valence-corrected chi connectivity index (χ2v) is 14.0. The summed E-state index contributed by atoms with van der Waals surface area (Å²) in [5, 5.41) is 3.80. The zero-order valence-electron chi connectivity index (χ0n) is 27.3. The minimum Gasteiger partial charge on any atom is -0.446 e. The molecule has 2 amide bonds. The third-order valence-electron chi connectivity index (χ3n) is 10.3. The van der Waals surface area contributed by atoms with Gasteiger partial charge in [0.25, 0.3) is 0 Å². The van der Waals surface area contributed by atoms with E-state index in [1.54, 1.807) is 12.5 Å². The molecule has 4 aliphatic rings. The van der Waals surface area contributed by atoms with Crippen molar-refractivity contribution in [2.24, 2.45) is 13.0 Å². The topological polar surface area (TPSA) is 98.6 Å². The summed E-state index contributed by atoms with van der Waals surface area (Å²) in [5.41, 5.74) is 7.21. The van der Waals surface area contributed by atoms with E-state index in [1.807, 2.05) is 40.9 Å². The Morgan fingerprint density at radius 1 is 1.09 bits per heavy atom. The van der Waals surface area contributed by atoms with Crippen LogP contribution in [-0.4, -0.2) is 56.4 Å². The molecule has 1 unspecified atom stereocenters. The number of nitrogens with zero attached hydrogens (tertiary/aromatic N) is 4. The number of rotatable bonds is 6. The molecule has 3 fully saturated rings. The van der Waals surface area contributed by atoms with Gasteiger partial charge in [0.15, 0.2) is 0 Å². The number of hydrogen-bond acceptors (Lipinski definition) is 6. The van der Waals surface area contributed by atoms with Crippen LogP contribution in [0.1, 0.15) is 99.3 Å². The number of ether oxygens (including phenoxy) is 2. The van der Waals surface area contributed by atoms with E-state index >= 15 is 0 Å². The first-order chi connectivity index (χ1) is 22.7. The molecule has 1 atom stereocenters. The maximum absolute atomic E-state index is 13.6. The Labute approximate surface area is 281 Å². The van der Waals surface area contributed by atoms with E-state index in [9.17, 15) is 9.59 Å². The van der Waals surface area contributed by atoms with Gasteiger partial charge < -0.3 is 24.3 Å². The number of alkyl carbamates (subject to hydrolysis) is 1. The molecule has 47 heavy (non-hydrogen) atoms. The van der Waals surface area contributed by atoms with Gasteiger partial charge in [0, 0.05) is 42.5 Å². The first-order valence-corrected chi connectivity index (χ1v) is 17.2. The quantitative estimate of drug-likeness (QED) is 0.289. The molecule has 0 bridgehead atoms. The number of aryl methyl sites for hydroxylation is 1. The first-order valence-electron chi connectivity index (χ1n) is 16.8. The number of carbonyl (C=O) groups excluding carboxylic acids is 2. The smallest absolute Gasteiger partial charge is 0.410 e. The molecule has 1 N–H and O–H groups in total. The van der Waals surface area contributed by atoms with Crippen molar-refractivity contribution in [3.63, 3.8) is 0 Å². The van der Waals surface area contributed by atoms with E-state index in [-0.39, 0.29) is 18.1 Å². The SMILES string of the molecule is CC(C)C1(OC(=O)NC(C2=Cc3cccnc3C(=C3CCN(C(=O)OC4CCCC4)CC3)c3ccc(Cl)cc32)c2cncn2C)CC1. The first kappa shape index (κ1) is 31.5. The van der Waals surface area contributed by atoms with Gasteiger partial charge in [-0.25, -0.2) is 14.6 Å². The average molecular weight is 656 g/mol. The van der Waals surface area contributed by atoms with Gasteiger partial charge in [-0.3, -0.25) is 4.98 Å². The fourth-order valence-corrected chi connectivity index (χ4v) is 7.50. The second kappa shape index (κ2) is 12.8. The van der Waals surface area contributed by atoms with Crippen molar-refractivity contribution in [2.75, 3.05) is 13.1 Å². The standard InChI is InChI=1S/C37H42ClN5O4/c1-23(2)37(14-15-37)47-35(44)41-34(31-21-39-22-42(31)3)30-19-25-7-6-16-40-33(25)32(28-11-10-26(38)20-29(28)30)24-12-17-43(18-13-24)36(45)46-27-8-4-5-9-27/h6-7,10-11,16,19-23,27,34H,4-5,8-9,12-15,17-18H2,1-3H3,(H,41,44). The minimum atomic E-state index is -0.584. The van der Waals surface area contributed by atoms with Crippen LogP contribution in [0, 0.1) is 5.92 Å². The largest absolute Gasteiger partial charge is 0.446 e. The summed E-state index contributed by atoms with van der Waals surface area (Å²) in [7, 11) is 1.92. The molecular formula is C37H42ClN5O4. The van der Waals surface area contributed by atoms with Crippen LogP contribution in [0.3, 0.4) is 0 Å². The lowest BCUT2D eigenvalue weighted by atomic mass is 9.86. The molecule has 3 aromatic rings. The van der Waals surface area contributed by atoms with Crippen molar-refractivity contribution >= 4 is 41.0 Å². The molecule has 3 heterocycles. The number of imidazole rings is 1. The highest BCUT2D eigenvalue weighted by Gasteiger charge is 2.50. The number of halogens is 1. The molecule has 10 heteroatoms. The second-order valence-electron chi connectivity index (χ2n) is 13.6. The Hall–Kier alpha value is -4.11. The van der Waals surface area contributed by atoms with Gasteiger partial charge in [-0.05, 0) is 98.3 Å². The molecule has 1 saturated heterocycles. The average Bonchev–Trinajstić information content (AvgIpc) is 3.48. The molecule has 1 aliphatic heterocycles. The highest BCUT2D eigenvalue weighted by Crippen LogP contribution is 2.47. The zero-order valence-corrected chi connectivity index (χ0v) is 28.1. The molecule has 0 spiro atoms. The number of piperidine rings is 1. The van der Waals surface area contributed by atoms with Crippen molar-refractivity contribution < 1.29 is 19.1 Å². The van der Waals surface area contributed by atoms with Crippen molar-refractivity contribution in [3.8, 4) is 0 Å². The van der Waals surface area contributed by atoms with Gasteiger partial charge in [0.05, 0.1) is 23.9 Å². The molecule has 1 aromatic carbocycles. The van der Waals surface area contributed by atoms with E-state index in [1.165, 1.54) is 5.57 Å². The van der Waals surface area contributed by atoms with Crippen molar-refractivity contribution in [1.82, 2.24) is 24.8 Å². The third kappa shape index (κ3) is 6.30. The lowest BCUT2D eigenvalue weighted by Gasteiger charge is -2.31. The number of amides is 2. The lowest BCUT2D eigenvalue weighted by Crippen LogP contribution is -2.38. The molecular weight excluding hydrogens is 614 g/mol. The summed E-state index contributed by atoms with van der Waals surface area (Å²) in [6, 6.07) is 9.33. The summed E-state index contributed by atoms with van der Waals surface area (Å²) in [5.74, 6) is 0.225. The Kier molecular flexibility index (Phi) is 8.59. The van der Waals surface area contributed by atoms with Crippen molar-refractivity contribution in [2.45, 2.75) is 83.0 Å². The van der Waals surface area contributed by atoms with Crippen LogP contribution in [0.15, 0.2) is 54.6 Å². The summed E-state index contributed by atoms with van der Waals surface area (Å²) in [6.45, 7) is 5.34. The fourth-order valence-electron chi connectivity index (χ4n) is 7.33. The van der Waals surface area contributed by atoms with E-state index in [0.717, 1.165) is 77.7 Å². The van der Waals surface area contributed by atoms with Crippen LogP contribution in [0.5, 0.6) is 0 Å². The molecule has 3 aliphatic carbocycles. The predicted octanol–water partition coefficient (Wildman–Crippen LogP) is 7.96. The van der Waals surface area contributed by atoms with Crippen LogP contribution in [0.4, 0.5) is 9.59 Å². The predicted molar refractivity (Wildman–Crippen MR) is 181 cm³/mol. The lowest BCUT2D eigenvalue weighted by molar-refractivity contribution is 0.0520. The molecule has 246 valence electrons. The Bertz CT molecular complexity index is 1740. The van der Waals surface area contributed by atoms with E-state index < -0.39 is 17.7 Å². The monoisotopic (exact) mass is 655 g/mol. The van der Waals surface area contributed by atoms with Gasteiger partial charge in [-0.1, -0.05) is 43.2 Å². The number of carbonyl (C=O) groups is 2. The Balaban J connectivity index is 1.28. The summed E-state index contributed by atoms with van der Waals surface area (Å²) in [6.07, 6.45) is 14.1. The number of pyridine rings is 1. The molecule has 0 radical (unpaired) electrons. The molecule has 7 rings (SSSR count). The number of aromatic nitrogens is 3. The highest BCUT2D eigenvalue weighted by molar-refractivity contribution is 6.31. The Morgan fingerprint density at radius 3 is 2.53 bits per heavy atom. The number of benzene rings is 1. The minimum absolute atomic E-state index is 0.0414. The van der Waals surface area contributed by atoms with Crippen LogP contribution in [0.25, 0.3) is 17.2 Å². The number of likely N-dealkylation sites (tertiary alicyclic amines) is 1. The molecule has 9 nitrogen and oxygen atoms in total. The Morgan fingerprint density at radius 2 is 1.85 bits per heavy atom. The molecule has 2 aromatic heterocycles. The third-order valence-corrected chi connectivity index (χ3v) is 10.5. The zero-order chi connectivity index (χ0) is 32.7. The van der Waals surface area contributed by atoms with Gasteiger partial charge >= 0.3 is 12.2 Å². The van der Waals surface area contributed by atoms with Crippen LogP contribution >= 0.6 is 11.6 Å². The number of fused-ring (bicyclic) bond motifs is 2. The normalized spacial score (nSPS) is 19.4. The van der Waals surface area contributed by atoms with Crippen LogP contribution < -0.4 is 5.32 Å². The summed E-state index contributed by atoms with van der Waals surface area (Å²) in [4.78, 5) is 37.8. The van der Waals surface area contributed by atoms with Crippen LogP contribution in [0.2, 0.25) is 5.02 Å². The summed E-state index contributed by atoms with van der Waals surface area (Å²) < 4.78 is 13.8. The van der Waals surface area contributed by atoms with Crippen molar-refractivity contribution in [1.29, 1.82) is 0 Å². The maximum Gasteiger partial charge on any atom is 0.410 e. The molecule has 2 saturated carbocycles. The van der Waals surface area contributed by atoms with Gasteiger partial charge in [-0.2, -0.15) is 0 Å². The van der Waals surface area contributed by atoms with E-state index in [4.69, 9.17) is 26.1 Å². The van der Waals surface area contributed by atoms with E-state index in [0.29, 0.717) is 31.0 Å². The number of nitrogens with one attached hydrogen (secondary N) is 1. The number of hydrogen-bond donors (Lipinski definition) is 1. The summed E-state index contributed by atoms with van der Waals surface area (Å²) >= 11 is 6.71. The van der Waals surface area contributed by atoms with Gasteiger partial charge in [-0.15, -0.1) is 0 Å².